The van der Waals surface area contributed by atoms with Crippen molar-refractivity contribution in [2.24, 2.45) is 0 Å². The molecular weight excluding hydrogens is 338 g/mol. The molecule has 0 atom stereocenters. The zero-order valence-electron chi connectivity index (χ0n) is 11.3. The van der Waals surface area contributed by atoms with Gasteiger partial charge in [0, 0.05) is 10.2 Å². The van der Waals surface area contributed by atoms with Gasteiger partial charge >= 0.3 is 0 Å². The number of nitrogens with one attached hydrogen (secondary N) is 1. The molecule has 2 nitrogen and oxygen atoms in total. The van der Waals surface area contributed by atoms with E-state index >= 15 is 0 Å². The number of hydrogen-bond donors (Lipinski definition) is 1. The number of anilines is 1. The number of amides is 1. The highest BCUT2D eigenvalue weighted by atomic mass is 79.9. The predicted octanol–water partition coefficient (Wildman–Crippen LogP) is 5.02. The molecule has 0 saturated carbocycles. The molecule has 0 fully saturated rings. The van der Waals surface area contributed by atoms with Crippen LogP contribution in [0.5, 0.6) is 0 Å². The minimum absolute atomic E-state index is 0.0575. The zero-order valence-corrected chi connectivity index (χ0v) is 13.6. The molecule has 1 N–H and O–H groups in total. The van der Waals surface area contributed by atoms with Crippen LogP contribution in [0.25, 0.3) is 0 Å². The first-order valence-electron chi connectivity index (χ1n) is 6.23. The Kier molecular flexibility index (Phi) is 4.51. The van der Waals surface area contributed by atoms with Crippen molar-refractivity contribution in [3.05, 3.63) is 63.6 Å². The summed E-state index contributed by atoms with van der Waals surface area (Å²) in [5.41, 5.74) is 1.09. The van der Waals surface area contributed by atoms with E-state index in [2.05, 4.69) is 21.2 Å². The van der Waals surface area contributed by atoms with Crippen molar-refractivity contribution < 1.29 is 4.79 Å². The van der Waals surface area contributed by atoms with Crippen LogP contribution in [0.2, 0.25) is 5.02 Å². The smallest absolute Gasteiger partial charge is 0.234 e. The molecule has 0 aromatic heterocycles. The van der Waals surface area contributed by atoms with Gasteiger partial charge in [0.25, 0.3) is 0 Å². The van der Waals surface area contributed by atoms with Crippen LogP contribution < -0.4 is 5.32 Å². The quantitative estimate of drug-likeness (QED) is 0.825. The molecule has 0 heterocycles. The van der Waals surface area contributed by atoms with Gasteiger partial charge in [0.2, 0.25) is 5.91 Å². The summed E-state index contributed by atoms with van der Waals surface area (Å²) in [7, 11) is 0. The second-order valence-corrected chi connectivity index (χ2v) is 6.34. The molecule has 20 heavy (non-hydrogen) atoms. The fraction of sp³-hybridized carbons (Fsp3) is 0.188. The van der Waals surface area contributed by atoms with Gasteiger partial charge in [-0.2, -0.15) is 0 Å². The van der Waals surface area contributed by atoms with E-state index in [0.29, 0.717) is 5.02 Å². The molecule has 4 heteroatoms. The van der Waals surface area contributed by atoms with Crippen LogP contribution in [-0.4, -0.2) is 5.91 Å². The molecule has 2 aromatic rings. The second kappa shape index (κ2) is 5.98. The van der Waals surface area contributed by atoms with Crippen molar-refractivity contribution in [2.45, 2.75) is 19.3 Å². The topological polar surface area (TPSA) is 29.1 Å². The summed E-state index contributed by atoms with van der Waals surface area (Å²) in [6.07, 6.45) is 0. The second-order valence-electron chi connectivity index (χ2n) is 5.07. The normalized spacial score (nSPS) is 11.2. The van der Waals surface area contributed by atoms with E-state index in [4.69, 9.17) is 11.6 Å². The van der Waals surface area contributed by atoms with Crippen LogP contribution >= 0.6 is 27.5 Å². The van der Waals surface area contributed by atoms with E-state index in [9.17, 15) is 4.79 Å². The van der Waals surface area contributed by atoms with Crippen LogP contribution in [0.4, 0.5) is 5.69 Å². The highest BCUT2D eigenvalue weighted by molar-refractivity contribution is 9.10. The van der Waals surface area contributed by atoms with Gasteiger partial charge in [0.05, 0.1) is 10.4 Å². The Hall–Kier alpha value is -1.32. The average Bonchev–Trinajstić information content (AvgIpc) is 2.44. The van der Waals surface area contributed by atoms with E-state index in [1.54, 1.807) is 18.2 Å². The average molecular weight is 353 g/mol. The zero-order chi connectivity index (χ0) is 14.8. The number of benzene rings is 2. The summed E-state index contributed by atoms with van der Waals surface area (Å²) in [5.74, 6) is -0.0575. The lowest BCUT2D eigenvalue weighted by molar-refractivity contribution is -0.120. The lowest BCUT2D eigenvalue weighted by Crippen LogP contribution is -2.34. The van der Waals surface area contributed by atoms with Gasteiger partial charge in [0.15, 0.2) is 0 Å². The predicted molar refractivity (Wildman–Crippen MR) is 87.2 cm³/mol. The molecule has 0 spiro atoms. The molecular formula is C16H15BrClNO. The van der Waals surface area contributed by atoms with E-state index in [-0.39, 0.29) is 5.91 Å². The van der Waals surface area contributed by atoms with E-state index in [1.807, 2.05) is 44.2 Å². The van der Waals surface area contributed by atoms with Crippen LogP contribution in [0, 0.1) is 0 Å². The monoisotopic (exact) mass is 351 g/mol. The Morgan fingerprint density at radius 1 is 1.15 bits per heavy atom. The first-order valence-corrected chi connectivity index (χ1v) is 7.40. The van der Waals surface area contributed by atoms with E-state index < -0.39 is 5.41 Å². The lowest BCUT2D eigenvalue weighted by Gasteiger charge is -2.24. The Morgan fingerprint density at radius 2 is 1.80 bits per heavy atom. The summed E-state index contributed by atoms with van der Waals surface area (Å²) in [5, 5.41) is 3.54. The lowest BCUT2D eigenvalue weighted by atomic mass is 9.83. The summed E-state index contributed by atoms with van der Waals surface area (Å²) in [4.78, 5) is 12.5. The minimum Gasteiger partial charge on any atom is -0.325 e. The van der Waals surface area contributed by atoms with Gasteiger partial charge in [-0.25, -0.2) is 0 Å². The van der Waals surface area contributed by atoms with Crippen molar-refractivity contribution in [1.82, 2.24) is 0 Å². The number of hydrogen-bond acceptors (Lipinski definition) is 1. The molecule has 104 valence electrons. The SMILES string of the molecule is CC(C)(C(=O)Nc1ccc(Cl)c(Br)c1)c1ccccc1. The molecule has 0 aliphatic heterocycles. The number of carbonyl (C=O) groups excluding carboxylic acids is 1. The minimum atomic E-state index is -0.604. The standard InChI is InChI=1S/C16H15BrClNO/c1-16(2,11-6-4-3-5-7-11)15(20)19-12-8-9-14(18)13(17)10-12/h3-10H,1-2H3,(H,19,20). The molecule has 0 saturated heterocycles. The highest BCUT2D eigenvalue weighted by Crippen LogP contribution is 2.28. The van der Waals surface area contributed by atoms with E-state index in [1.165, 1.54) is 0 Å². The molecule has 0 bridgehead atoms. The molecule has 2 aromatic carbocycles. The van der Waals surface area contributed by atoms with Crippen molar-refractivity contribution in [1.29, 1.82) is 0 Å². The third-order valence-corrected chi connectivity index (χ3v) is 4.45. The first kappa shape index (κ1) is 15.1. The molecule has 0 radical (unpaired) electrons. The van der Waals surface area contributed by atoms with Crippen molar-refractivity contribution >= 4 is 39.1 Å². The Labute approximate surface area is 132 Å². The Morgan fingerprint density at radius 3 is 2.40 bits per heavy atom. The van der Waals surface area contributed by atoms with Crippen LogP contribution in [0.1, 0.15) is 19.4 Å². The van der Waals surface area contributed by atoms with Crippen molar-refractivity contribution in [2.75, 3.05) is 5.32 Å². The Balaban J connectivity index is 2.21. The van der Waals surface area contributed by atoms with Gasteiger partial charge in [0.1, 0.15) is 0 Å². The maximum atomic E-state index is 12.5. The molecule has 1 amide bonds. The van der Waals surface area contributed by atoms with Gasteiger partial charge < -0.3 is 5.32 Å². The maximum Gasteiger partial charge on any atom is 0.234 e. The van der Waals surface area contributed by atoms with Crippen LogP contribution in [-0.2, 0) is 10.2 Å². The number of rotatable bonds is 3. The first-order chi connectivity index (χ1) is 9.41. The van der Waals surface area contributed by atoms with Gasteiger partial charge in [-0.15, -0.1) is 0 Å². The molecule has 0 aliphatic carbocycles. The third kappa shape index (κ3) is 3.22. The number of carbonyl (C=O) groups is 1. The van der Waals surface area contributed by atoms with Crippen molar-refractivity contribution in [3.63, 3.8) is 0 Å². The number of halogens is 2. The highest BCUT2D eigenvalue weighted by Gasteiger charge is 2.29. The third-order valence-electron chi connectivity index (χ3n) is 3.24. The largest absolute Gasteiger partial charge is 0.325 e. The molecule has 2 rings (SSSR count). The van der Waals surface area contributed by atoms with Gasteiger partial charge in [-0.1, -0.05) is 41.9 Å². The van der Waals surface area contributed by atoms with Crippen LogP contribution in [0.3, 0.4) is 0 Å². The fourth-order valence-electron chi connectivity index (χ4n) is 1.85. The maximum absolute atomic E-state index is 12.5. The Bertz CT molecular complexity index is 626. The summed E-state index contributed by atoms with van der Waals surface area (Å²) in [6.45, 7) is 3.81. The summed E-state index contributed by atoms with van der Waals surface area (Å²) >= 11 is 9.29. The van der Waals surface area contributed by atoms with Crippen LogP contribution in [0.15, 0.2) is 53.0 Å². The van der Waals surface area contributed by atoms with Gasteiger partial charge in [-0.05, 0) is 53.5 Å². The van der Waals surface area contributed by atoms with Crippen molar-refractivity contribution in [3.8, 4) is 0 Å². The summed E-state index contributed by atoms with van der Waals surface area (Å²) < 4.78 is 0.759. The molecule has 0 unspecified atom stereocenters. The van der Waals surface area contributed by atoms with Gasteiger partial charge in [-0.3, -0.25) is 4.79 Å². The molecule has 0 aliphatic rings. The fourth-order valence-corrected chi connectivity index (χ4v) is 2.34. The summed E-state index contributed by atoms with van der Waals surface area (Å²) in [6, 6.07) is 15.0. The van der Waals surface area contributed by atoms with E-state index in [0.717, 1.165) is 15.7 Å².